The van der Waals surface area contributed by atoms with Gasteiger partial charge in [0, 0.05) is 13.0 Å². The third-order valence-corrected chi connectivity index (χ3v) is 5.38. The summed E-state index contributed by atoms with van der Waals surface area (Å²) in [5, 5.41) is 43.8. The topological polar surface area (TPSA) is 293 Å². The Labute approximate surface area is 223 Å². The quantitative estimate of drug-likeness (QED) is 0.0516. The molecule has 1 aromatic carbocycles. The number of nitrogens with two attached hydrogens (primary N) is 3. The minimum Gasteiger partial charge on any atom is -0.508 e. The van der Waals surface area contributed by atoms with Crippen molar-refractivity contribution in [3.8, 4) is 5.75 Å². The Morgan fingerprint density at radius 1 is 0.846 bits per heavy atom. The van der Waals surface area contributed by atoms with E-state index in [2.05, 4.69) is 20.9 Å². The van der Waals surface area contributed by atoms with Gasteiger partial charge >= 0.3 is 11.9 Å². The van der Waals surface area contributed by atoms with Crippen molar-refractivity contribution in [1.29, 1.82) is 0 Å². The van der Waals surface area contributed by atoms with Crippen LogP contribution in [0, 0.1) is 0 Å². The van der Waals surface area contributed by atoms with E-state index < -0.39 is 73.3 Å². The number of aromatic hydroxyl groups is 1. The van der Waals surface area contributed by atoms with Crippen molar-refractivity contribution in [2.24, 2.45) is 22.2 Å². The normalized spacial score (nSPS) is 13.7. The van der Waals surface area contributed by atoms with E-state index in [1.165, 1.54) is 12.1 Å². The molecule has 3 amide bonds. The van der Waals surface area contributed by atoms with Crippen LogP contribution in [0.2, 0.25) is 0 Å². The average Bonchev–Trinajstić information content (AvgIpc) is 2.87. The lowest BCUT2D eigenvalue weighted by Gasteiger charge is -2.24. The maximum atomic E-state index is 13.0. The summed E-state index contributed by atoms with van der Waals surface area (Å²) in [6.45, 7) is -0.798. The van der Waals surface area contributed by atoms with Gasteiger partial charge in [0.1, 0.15) is 23.9 Å². The number of aliphatic imine (C=N–C) groups is 1. The van der Waals surface area contributed by atoms with Crippen molar-refractivity contribution in [2.45, 2.75) is 56.3 Å². The monoisotopic (exact) mass is 553 g/mol. The zero-order valence-electron chi connectivity index (χ0n) is 21.1. The Kier molecular flexibility index (Phi) is 13.7. The van der Waals surface area contributed by atoms with Crippen LogP contribution in [0.1, 0.15) is 31.2 Å². The number of carbonyl (C=O) groups is 5. The number of nitrogens with one attached hydrogen (secondary N) is 3. The molecule has 0 saturated heterocycles. The van der Waals surface area contributed by atoms with Crippen LogP contribution in [0.3, 0.4) is 0 Å². The lowest BCUT2D eigenvalue weighted by molar-refractivity contribution is -0.143. The molecular formula is C23H35N7O9. The first-order chi connectivity index (χ1) is 18.3. The molecule has 0 radical (unpaired) electrons. The van der Waals surface area contributed by atoms with E-state index in [4.69, 9.17) is 22.3 Å². The van der Waals surface area contributed by atoms with E-state index in [0.717, 1.165) is 0 Å². The Bertz CT molecular complexity index is 1030. The molecule has 0 heterocycles. The van der Waals surface area contributed by atoms with Crippen LogP contribution < -0.4 is 33.2 Å². The van der Waals surface area contributed by atoms with Crippen LogP contribution in [-0.2, 0) is 30.4 Å². The predicted octanol–water partition coefficient (Wildman–Crippen LogP) is -3.29. The summed E-state index contributed by atoms with van der Waals surface area (Å²) in [5.74, 6) is -5.56. The molecule has 0 saturated carbocycles. The zero-order chi connectivity index (χ0) is 29.5. The molecule has 0 aromatic heterocycles. The number of benzene rings is 1. The highest BCUT2D eigenvalue weighted by atomic mass is 16.4. The Morgan fingerprint density at radius 2 is 1.41 bits per heavy atom. The Hall–Kier alpha value is -4.44. The summed E-state index contributed by atoms with van der Waals surface area (Å²) < 4.78 is 0. The molecule has 16 nitrogen and oxygen atoms in total. The first-order valence-corrected chi connectivity index (χ1v) is 11.9. The SMILES string of the molecule is NC(N)=NCCCC(NC(=O)C(N)Cc1ccc(O)cc1)C(=O)NC(CO)C(=O)NC(CCC(=O)O)C(=O)O. The molecule has 216 valence electrons. The number of rotatable bonds is 17. The highest BCUT2D eigenvalue weighted by Gasteiger charge is 2.30. The van der Waals surface area contributed by atoms with E-state index in [9.17, 15) is 39.3 Å². The first-order valence-electron chi connectivity index (χ1n) is 11.9. The van der Waals surface area contributed by atoms with Gasteiger partial charge in [0.05, 0.1) is 12.6 Å². The van der Waals surface area contributed by atoms with Gasteiger partial charge in [-0.05, 0) is 43.4 Å². The number of hydrogen-bond donors (Lipinski definition) is 10. The molecule has 4 unspecified atom stereocenters. The molecule has 1 rings (SSSR count). The fraction of sp³-hybridized carbons (Fsp3) is 0.478. The molecule has 0 aliphatic carbocycles. The van der Waals surface area contributed by atoms with Gasteiger partial charge in [-0.15, -0.1) is 0 Å². The van der Waals surface area contributed by atoms with Gasteiger partial charge in [-0.1, -0.05) is 12.1 Å². The summed E-state index contributed by atoms with van der Waals surface area (Å²) in [6.07, 6.45) is -0.637. The highest BCUT2D eigenvalue weighted by Crippen LogP contribution is 2.11. The molecule has 0 aliphatic rings. The second-order valence-corrected chi connectivity index (χ2v) is 8.56. The number of aliphatic hydroxyl groups excluding tert-OH is 1. The molecule has 13 N–H and O–H groups in total. The maximum absolute atomic E-state index is 13.0. The standard InChI is InChI=1S/C23H35N7O9/c24-14(10-12-3-5-13(32)6-4-12)19(35)28-15(2-1-9-27-23(25)26)20(36)30-17(11-31)21(37)29-16(22(38)39)7-8-18(33)34/h3-6,14-17,31-32H,1-2,7-11,24H2,(H,28,35)(H,29,37)(H,30,36)(H,33,34)(H,38,39)(H4,25,26,27). The number of nitrogens with zero attached hydrogens (tertiary/aromatic N) is 1. The largest absolute Gasteiger partial charge is 0.508 e. The van der Waals surface area contributed by atoms with Crippen molar-refractivity contribution < 1.29 is 44.4 Å². The third kappa shape index (κ3) is 12.6. The van der Waals surface area contributed by atoms with Crippen molar-refractivity contribution in [3.63, 3.8) is 0 Å². The van der Waals surface area contributed by atoms with Crippen molar-refractivity contribution >= 4 is 35.6 Å². The average molecular weight is 554 g/mol. The molecule has 1 aromatic rings. The zero-order valence-corrected chi connectivity index (χ0v) is 21.1. The van der Waals surface area contributed by atoms with Gasteiger partial charge in [0.2, 0.25) is 17.7 Å². The van der Waals surface area contributed by atoms with Crippen molar-refractivity contribution in [1.82, 2.24) is 16.0 Å². The second kappa shape index (κ2) is 16.4. The highest BCUT2D eigenvalue weighted by molar-refractivity contribution is 5.94. The van der Waals surface area contributed by atoms with E-state index in [0.29, 0.717) is 5.56 Å². The molecule has 0 spiro atoms. The summed E-state index contributed by atoms with van der Waals surface area (Å²) in [5.41, 5.74) is 17.2. The smallest absolute Gasteiger partial charge is 0.326 e. The van der Waals surface area contributed by atoms with Gasteiger partial charge in [0.15, 0.2) is 5.96 Å². The molecule has 0 fully saturated rings. The minimum absolute atomic E-state index is 0.0103. The van der Waals surface area contributed by atoms with Gasteiger partial charge < -0.3 is 53.6 Å². The fourth-order valence-corrected chi connectivity index (χ4v) is 3.29. The van der Waals surface area contributed by atoms with E-state index >= 15 is 0 Å². The summed E-state index contributed by atoms with van der Waals surface area (Å²) in [6, 6.07) is 0.513. The minimum atomic E-state index is -1.60. The van der Waals surface area contributed by atoms with Crippen LogP contribution in [0.25, 0.3) is 0 Å². The summed E-state index contributed by atoms with van der Waals surface area (Å²) >= 11 is 0. The predicted molar refractivity (Wildman–Crippen MR) is 137 cm³/mol. The lowest BCUT2D eigenvalue weighted by atomic mass is 10.0. The number of hydrogen-bond acceptors (Lipinski definition) is 9. The number of phenols is 1. The third-order valence-electron chi connectivity index (χ3n) is 5.38. The Morgan fingerprint density at radius 3 is 1.95 bits per heavy atom. The summed E-state index contributed by atoms with van der Waals surface area (Å²) in [4.78, 5) is 64.1. The number of carboxylic acid groups (broad SMARTS) is 2. The van der Waals surface area contributed by atoms with Crippen LogP contribution in [-0.4, -0.2) is 93.4 Å². The molecule has 0 bridgehead atoms. The fourth-order valence-electron chi connectivity index (χ4n) is 3.29. The van der Waals surface area contributed by atoms with Gasteiger partial charge in [0.25, 0.3) is 0 Å². The summed E-state index contributed by atoms with van der Waals surface area (Å²) in [7, 11) is 0. The first kappa shape index (κ1) is 32.6. The van der Waals surface area contributed by atoms with Gasteiger partial charge in [-0.2, -0.15) is 0 Å². The maximum Gasteiger partial charge on any atom is 0.326 e. The van der Waals surface area contributed by atoms with Crippen LogP contribution in [0.15, 0.2) is 29.3 Å². The number of aliphatic hydroxyl groups is 1. The number of carbonyl (C=O) groups excluding carboxylic acids is 3. The molecule has 4 atom stereocenters. The van der Waals surface area contributed by atoms with Gasteiger partial charge in [-0.3, -0.25) is 24.2 Å². The molecular weight excluding hydrogens is 518 g/mol. The lowest BCUT2D eigenvalue weighted by Crippen LogP contribution is -2.58. The van der Waals surface area contributed by atoms with Crippen LogP contribution in [0.4, 0.5) is 0 Å². The van der Waals surface area contributed by atoms with Crippen LogP contribution >= 0.6 is 0 Å². The van der Waals surface area contributed by atoms with Crippen molar-refractivity contribution in [2.75, 3.05) is 13.2 Å². The number of carboxylic acids is 2. The number of amides is 3. The molecule has 39 heavy (non-hydrogen) atoms. The Balaban J connectivity index is 2.92. The second-order valence-electron chi connectivity index (χ2n) is 8.56. The van der Waals surface area contributed by atoms with Crippen molar-refractivity contribution in [3.05, 3.63) is 29.8 Å². The van der Waals surface area contributed by atoms with E-state index in [-0.39, 0.29) is 37.5 Å². The number of phenolic OH excluding ortho intramolecular Hbond substituents is 1. The van der Waals surface area contributed by atoms with E-state index in [1.807, 2.05) is 0 Å². The van der Waals surface area contributed by atoms with E-state index in [1.54, 1.807) is 12.1 Å². The molecule has 0 aliphatic heterocycles. The number of aliphatic carboxylic acids is 2. The molecule has 16 heteroatoms. The number of guanidine groups is 1. The van der Waals surface area contributed by atoms with Gasteiger partial charge in [-0.25, -0.2) is 4.79 Å². The van der Waals surface area contributed by atoms with Crippen LogP contribution in [0.5, 0.6) is 5.75 Å².